The van der Waals surface area contributed by atoms with Gasteiger partial charge in [0.15, 0.2) is 11.5 Å². The minimum atomic E-state index is -0.0535. The standard InChI is InChI=1S/C13H14ClNO4/c14-10-7-9(8-11-12(10)19-6-5-18-11)13(16)15-1-3-17-4-2-15/h7-8H,1-6H2. The highest BCUT2D eigenvalue weighted by Crippen LogP contribution is 2.38. The molecule has 0 saturated carbocycles. The van der Waals surface area contributed by atoms with Crippen molar-refractivity contribution in [2.75, 3.05) is 39.5 Å². The molecule has 0 radical (unpaired) electrons. The van der Waals surface area contributed by atoms with Crippen LogP contribution in [0.15, 0.2) is 12.1 Å². The predicted octanol–water partition coefficient (Wildman–Crippen LogP) is 1.58. The lowest BCUT2D eigenvalue weighted by molar-refractivity contribution is 0.0302. The molecule has 0 bridgehead atoms. The van der Waals surface area contributed by atoms with Crippen LogP contribution in [-0.4, -0.2) is 50.3 Å². The molecule has 102 valence electrons. The van der Waals surface area contributed by atoms with E-state index in [0.717, 1.165) is 0 Å². The molecule has 2 heterocycles. The summed E-state index contributed by atoms with van der Waals surface area (Å²) < 4.78 is 16.1. The van der Waals surface area contributed by atoms with Crippen LogP contribution in [-0.2, 0) is 4.74 Å². The Bertz CT molecular complexity index is 500. The van der Waals surface area contributed by atoms with Gasteiger partial charge in [0.2, 0.25) is 0 Å². The van der Waals surface area contributed by atoms with Gasteiger partial charge >= 0.3 is 0 Å². The molecule has 0 aromatic heterocycles. The molecule has 2 aliphatic rings. The van der Waals surface area contributed by atoms with Gasteiger partial charge in [0.1, 0.15) is 13.2 Å². The minimum Gasteiger partial charge on any atom is -0.486 e. The fourth-order valence-corrected chi connectivity index (χ4v) is 2.45. The molecule has 1 aromatic rings. The Hall–Kier alpha value is -1.46. The number of hydrogen-bond donors (Lipinski definition) is 0. The maximum Gasteiger partial charge on any atom is 0.254 e. The van der Waals surface area contributed by atoms with Crippen molar-refractivity contribution in [2.24, 2.45) is 0 Å². The first-order chi connectivity index (χ1) is 9.25. The van der Waals surface area contributed by atoms with Crippen molar-refractivity contribution < 1.29 is 19.0 Å². The van der Waals surface area contributed by atoms with Gasteiger partial charge in [-0.05, 0) is 12.1 Å². The number of benzene rings is 1. The lowest BCUT2D eigenvalue weighted by Crippen LogP contribution is -2.40. The highest BCUT2D eigenvalue weighted by Gasteiger charge is 2.23. The van der Waals surface area contributed by atoms with Crippen molar-refractivity contribution in [3.8, 4) is 11.5 Å². The highest BCUT2D eigenvalue weighted by molar-refractivity contribution is 6.32. The van der Waals surface area contributed by atoms with E-state index in [0.29, 0.717) is 61.6 Å². The van der Waals surface area contributed by atoms with Crippen LogP contribution in [0.3, 0.4) is 0 Å². The monoisotopic (exact) mass is 283 g/mol. The molecule has 2 aliphatic heterocycles. The molecule has 1 aromatic carbocycles. The molecule has 1 saturated heterocycles. The molecular weight excluding hydrogens is 270 g/mol. The lowest BCUT2D eigenvalue weighted by atomic mass is 10.1. The van der Waals surface area contributed by atoms with Crippen LogP contribution in [0.1, 0.15) is 10.4 Å². The van der Waals surface area contributed by atoms with E-state index in [1.165, 1.54) is 0 Å². The fraction of sp³-hybridized carbons (Fsp3) is 0.462. The van der Waals surface area contributed by atoms with Crippen LogP contribution >= 0.6 is 11.6 Å². The molecule has 0 aliphatic carbocycles. The summed E-state index contributed by atoms with van der Waals surface area (Å²) in [6, 6.07) is 3.32. The molecule has 6 heteroatoms. The summed E-state index contributed by atoms with van der Waals surface area (Å²) in [7, 11) is 0. The average molecular weight is 284 g/mol. The smallest absolute Gasteiger partial charge is 0.254 e. The number of carbonyl (C=O) groups excluding carboxylic acids is 1. The fourth-order valence-electron chi connectivity index (χ4n) is 2.18. The van der Waals surface area contributed by atoms with Gasteiger partial charge in [0, 0.05) is 18.7 Å². The Kier molecular flexibility index (Phi) is 3.48. The van der Waals surface area contributed by atoms with Crippen LogP contribution in [0.2, 0.25) is 5.02 Å². The van der Waals surface area contributed by atoms with E-state index in [4.69, 9.17) is 25.8 Å². The van der Waals surface area contributed by atoms with E-state index in [-0.39, 0.29) is 5.91 Å². The predicted molar refractivity (Wildman–Crippen MR) is 69.2 cm³/mol. The maximum atomic E-state index is 12.4. The molecule has 1 amide bonds. The molecule has 3 rings (SSSR count). The normalized spacial score (nSPS) is 18.3. The zero-order valence-electron chi connectivity index (χ0n) is 10.4. The first kappa shape index (κ1) is 12.6. The number of halogens is 1. The SMILES string of the molecule is O=C(c1cc(Cl)c2c(c1)OCCO2)N1CCOCC1. The Balaban J connectivity index is 1.88. The van der Waals surface area contributed by atoms with Crippen molar-refractivity contribution in [2.45, 2.75) is 0 Å². The number of rotatable bonds is 1. The van der Waals surface area contributed by atoms with Crippen LogP contribution < -0.4 is 9.47 Å². The summed E-state index contributed by atoms with van der Waals surface area (Å²) in [5.41, 5.74) is 0.524. The number of amides is 1. The number of ether oxygens (including phenoxy) is 3. The topological polar surface area (TPSA) is 48.0 Å². The van der Waals surface area contributed by atoms with Crippen molar-refractivity contribution in [3.05, 3.63) is 22.7 Å². The van der Waals surface area contributed by atoms with Crippen LogP contribution in [0, 0.1) is 0 Å². The van der Waals surface area contributed by atoms with Crippen molar-refractivity contribution in [3.63, 3.8) is 0 Å². The van der Waals surface area contributed by atoms with Crippen LogP contribution in [0.25, 0.3) is 0 Å². The number of fused-ring (bicyclic) bond motifs is 1. The van der Waals surface area contributed by atoms with Gasteiger partial charge in [-0.25, -0.2) is 0 Å². The third-order valence-corrected chi connectivity index (χ3v) is 3.42. The molecule has 1 fully saturated rings. The van der Waals surface area contributed by atoms with E-state index in [1.807, 2.05) is 0 Å². The zero-order chi connectivity index (χ0) is 13.2. The number of carbonyl (C=O) groups is 1. The van der Waals surface area contributed by atoms with Gasteiger partial charge in [-0.15, -0.1) is 0 Å². The number of hydrogen-bond acceptors (Lipinski definition) is 4. The molecule has 0 N–H and O–H groups in total. The molecule has 0 unspecified atom stereocenters. The zero-order valence-corrected chi connectivity index (χ0v) is 11.1. The summed E-state index contributed by atoms with van der Waals surface area (Å²) in [6.45, 7) is 3.30. The largest absolute Gasteiger partial charge is 0.486 e. The van der Waals surface area contributed by atoms with E-state index >= 15 is 0 Å². The van der Waals surface area contributed by atoms with Gasteiger partial charge in [-0.3, -0.25) is 4.79 Å². The van der Waals surface area contributed by atoms with Crippen molar-refractivity contribution in [1.82, 2.24) is 4.90 Å². The Morgan fingerprint density at radius 2 is 1.84 bits per heavy atom. The second-order valence-corrected chi connectivity index (χ2v) is 4.79. The van der Waals surface area contributed by atoms with Crippen molar-refractivity contribution in [1.29, 1.82) is 0 Å². The first-order valence-corrected chi connectivity index (χ1v) is 6.59. The quantitative estimate of drug-likeness (QED) is 0.785. The Morgan fingerprint density at radius 3 is 2.63 bits per heavy atom. The Labute approximate surface area is 116 Å². The van der Waals surface area contributed by atoms with Crippen molar-refractivity contribution >= 4 is 17.5 Å². The minimum absolute atomic E-state index is 0.0535. The third kappa shape index (κ3) is 2.48. The molecule has 0 atom stereocenters. The highest BCUT2D eigenvalue weighted by atomic mass is 35.5. The first-order valence-electron chi connectivity index (χ1n) is 6.22. The Morgan fingerprint density at radius 1 is 1.11 bits per heavy atom. The molecule has 5 nitrogen and oxygen atoms in total. The lowest BCUT2D eigenvalue weighted by Gasteiger charge is -2.27. The summed E-state index contributed by atoms with van der Waals surface area (Å²) in [5, 5.41) is 0.411. The molecule has 0 spiro atoms. The summed E-state index contributed by atoms with van der Waals surface area (Å²) in [4.78, 5) is 14.1. The second kappa shape index (κ2) is 5.27. The summed E-state index contributed by atoms with van der Waals surface area (Å²) >= 11 is 6.13. The van der Waals surface area contributed by atoms with Gasteiger partial charge in [0.05, 0.1) is 18.2 Å². The van der Waals surface area contributed by atoms with E-state index in [9.17, 15) is 4.79 Å². The van der Waals surface area contributed by atoms with Gasteiger partial charge in [0.25, 0.3) is 5.91 Å². The van der Waals surface area contributed by atoms with E-state index < -0.39 is 0 Å². The number of nitrogens with zero attached hydrogens (tertiary/aromatic N) is 1. The average Bonchev–Trinajstić information content (AvgIpc) is 2.47. The molecule has 19 heavy (non-hydrogen) atoms. The van der Waals surface area contributed by atoms with Gasteiger partial charge in [-0.1, -0.05) is 11.6 Å². The second-order valence-electron chi connectivity index (χ2n) is 4.39. The molecular formula is C13H14ClNO4. The maximum absolute atomic E-state index is 12.4. The van der Waals surface area contributed by atoms with E-state index in [1.54, 1.807) is 17.0 Å². The van der Waals surface area contributed by atoms with Gasteiger partial charge in [-0.2, -0.15) is 0 Å². The summed E-state index contributed by atoms with van der Waals surface area (Å²) in [6.07, 6.45) is 0. The van der Waals surface area contributed by atoms with Crippen LogP contribution in [0.4, 0.5) is 0 Å². The van der Waals surface area contributed by atoms with E-state index in [2.05, 4.69) is 0 Å². The van der Waals surface area contributed by atoms with Gasteiger partial charge < -0.3 is 19.1 Å². The summed E-state index contributed by atoms with van der Waals surface area (Å²) in [5.74, 6) is 1.00. The number of morpholine rings is 1. The third-order valence-electron chi connectivity index (χ3n) is 3.14. The van der Waals surface area contributed by atoms with Crippen LogP contribution in [0.5, 0.6) is 11.5 Å².